The molecule has 2 aromatic carbocycles. The molecule has 7 heteroatoms. The number of rotatable bonds is 8. The lowest BCUT2D eigenvalue weighted by Crippen LogP contribution is -2.20. The van der Waals surface area contributed by atoms with Gasteiger partial charge < -0.3 is 20.1 Å². The topological polar surface area (TPSA) is 87.6 Å². The van der Waals surface area contributed by atoms with Crippen molar-refractivity contribution in [3.05, 3.63) is 76.5 Å². The molecule has 0 spiro atoms. The number of aromatic carboxylic acids is 1. The van der Waals surface area contributed by atoms with Gasteiger partial charge in [0.15, 0.2) is 0 Å². The van der Waals surface area contributed by atoms with Crippen LogP contribution in [0.5, 0.6) is 6.01 Å². The molecular formula is C26H34N4O3. The maximum atomic E-state index is 11.4. The molecule has 0 radical (unpaired) electrons. The van der Waals surface area contributed by atoms with E-state index in [2.05, 4.69) is 47.3 Å². The van der Waals surface area contributed by atoms with Crippen molar-refractivity contribution in [3.63, 3.8) is 0 Å². The fourth-order valence-electron chi connectivity index (χ4n) is 3.33. The number of carboxylic acids is 1. The second-order valence-electron chi connectivity index (χ2n) is 8.21. The lowest BCUT2D eigenvalue weighted by atomic mass is 10.0. The Morgan fingerprint density at radius 1 is 1.09 bits per heavy atom. The zero-order chi connectivity index (χ0) is 24.4. The Bertz CT molecular complexity index is 1050. The molecule has 176 valence electrons. The zero-order valence-electron chi connectivity index (χ0n) is 20.3. The van der Waals surface area contributed by atoms with Gasteiger partial charge in [-0.3, -0.25) is 0 Å². The van der Waals surface area contributed by atoms with Crippen molar-refractivity contribution in [3.8, 4) is 17.3 Å². The highest BCUT2D eigenvalue weighted by atomic mass is 16.5. The van der Waals surface area contributed by atoms with Gasteiger partial charge in [-0.2, -0.15) is 4.98 Å². The van der Waals surface area contributed by atoms with Crippen LogP contribution in [0.2, 0.25) is 0 Å². The van der Waals surface area contributed by atoms with Gasteiger partial charge in [0.1, 0.15) is 12.2 Å². The number of ether oxygens (including phenoxy) is 1. The molecule has 0 atom stereocenters. The third-order valence-corrected chi connectivity index (χ3v) is 4.83. The summed E-state index contributed by atoms with van der Waals surface area (Å²) in [7, 11) is 5.85. The highest BCUT2D eigenvalue weighted by Crippen LogP contribution is 2.26. The average molecular weight is 451 g/mol. The zero-order valence-corrected chi connectivity index (χ0v) is 20.3. The van der Waals surface area contributed by atoms with Gasteiger partial charge >= 0.3 is 12.0 Å². The molecule has 0 saturated carbocycles. The Morgan fingerprint density at radius 2 is 1.76 bits per heavy atom. The van der Waals surface area contributed by atoms with Crippen LogP contribution in [-0.2, 0) is 6.54 Å². The summed E-state index contributed by atoms with van der Waals surface area (Å²) in [4.78, 5) is 21.6. The lowest BCUT2D eigenvalue weighted by molar-refractivity contribution is 0.0696. The smallest absolute Gasteiger partial charge is 0.339 e. The second kappa shape index (κ2) is 12.7. The summed E-state index contributed by atoms with van der Waals surface area (Å²) in [5.41, 5.74) is 6.20. The third-order valence-electron chi connectivity index (χ3n) is 4.83. The monoisotopic (exact) mass is 450 g/mol. The van der Waals surface area contributed by atoms with Crippen LogP contribution in [0.15, 0.2) is 48.7 Å². The quantitative estimate of drug-likeness (QED) is 0.534. The first-order valence-corrected chi connectivity index (χ1v) is 10.9. The molecule has 1 aromatic heterocycles. The van der Waals surface area contributed by atoms with E-state index in [1.165, 1.54) is 22.9 Å². The van der Waals surface area contributed by atoms with Gasteiger partial charge in [0.25, 0.3) is 0 Å². The molecule has 2 N–H and O–H groups in total. The standard InChI is InChI=1S/C16H19N3O3.C10H15N/c1-11-6-4-5-7-12(11)14-13(15(20)21)10-17-16(18-14)22-9-8-19(2)3;1-8-4-9(2)6-10(5-8)7-11-3/h4-7,10H,8-9H2,1-3H3,(H,20,21);4-6,11H,7H2,1-3H3. The van der Waals surface area contributed by atoms with Crippen molar-refractivity contribution in [1.29, 1.82) is 0 Å². The summed E-state index contributed by atoms with van der Waals surface area (Å²) in [6.45, 7) is 8.30. The number of carbonyl (C=O) groups is 1. The number of aryl methyl sites for hydroxylation is 3. The van der Waals surface area contributed by atoms with Crippen molar-refractivity contribution in [1.82, 2.24) is 20.2 Å². The van der Waals surface area contributed by atoms with E-state index in [9.17, 15) is 9.90 Å². The molecule has 33 heavy (non-hydrogen) atoms. The van der Waals surface area contributed by atoms with E-state index >= 15 is 0 Å². The van der Waals surface area contributed by atoms with Crippen LogP contribution in [0.4, 0.5) is 0 Å². The number of nitrogens with zero attached hydrogens (tertiary/aromatic N) is 3. The number of carboxylic acid groups (broad SMARTS) is 1. The van der Waals surface area contributed by atoms with Crippen molar-refractivity contribution >= 4 is 5.97 Å². The van der Waals surface area contributed by atoms with Crippen LogP contribution in [0.1, 0.15) is 32.6 Å². The third kappa shape index (κ3) is 8.29. The SMILES string of the molecule is CNCc1cc(C)cc(C)c1.Cc1ccccc1-c1nc(OCCN(C)C)ncc1C(=O)O. The van der Waals surface area contributed by atoms with Crippen LogP contribution in [0, 0.1) is 20.8 Å². The first-order valence-electron chi connectivity index (χ1n) is 10.9. The van der Waals surface area contributed by atoms with Crippen LogP contribution in [0.3, 0.4) is 0 Å². The number of benzene rings is 2. The first kappa shape index (κ1) is 26.0. The van der Waals surface area contributed by atoms with Crippen molar-refractivity contribution in [2.24, 2.45) is 0 Å². The van der Waals surface area contributed by atoms with E-state index in [0.29, 0.717) is 12.3 Å². The fraction of sp³-hybridized carbons (Fsp3) is 0.346. The molecule has 0 fully saturated rings. The van der Waals surface area contributed by atoms with Crippen LogP contribution < -0.4 is 10.1 Å². The maximum absolute atomic E-state index is 11.4. The first-order chi connectivity index (χ1) is 15.7. The van der Waals surface area contributed by atoms with Gasteiger partial charge in [-0.15, -0.1) is 0 Å². The van der Waals surface area contributed by atoms with Crippen molar-refractivity contribution < 1.29 is 14.6 Å². The van der Waals surface area contributed by atoms with Crippen LogP contribution in [0.25, 0.3) is 11.3 Å². The Morgan fingerprint density at radius 3 is 2.33 bits per heavy atom. The van der Waals surface area contributed by atoms with E-state index in [4.69, 9.17) is 4.74 Å². The van der Waals surface area contributed by atoms with Gasteiger partial charge in [0, 0.05) is 24.8 Å². The number of hydrogen-bond acceptors (Lipinski definition) is 6. The molecule has 0 aliphatic carbocycles. The molecule has 0 saturated heterocycles. The highest BCUT2D eigenvalue weighted by molar-refractivity contribution is 5.94. The van der Waals surface area contributed by atoms with Crippen LogP contribution in [-0.4, -0.2) is 60.2 Å². The summed E-state index contributed by atoms with van der Waals surface area (Å²) >= 11 is 0. The molecule has 0 aliphatic rings. The molecular weight excluding hydrogens is 416 g/mol. The summed E-state index contributed by atoms with van der Waals surface area (Å²) < 4.78 is 5.50. The number of aromatic nitrogens is 2. The summed E-state index contributed by atoms with van der Waals surface area (Å²) in [6.07, 6.45) is 1.29. The molecule has 7 nitrogen and oxygen atoms in total. The summed E-state index contributed by atoms with van der Waals surface area (Å²) in [6, 6.07) is 14.3. The predicted octanol–water partition coefficient (Wildman–Crippen LogP) is 4.11. The molecule has 3 rings (SSSR count). The minimum atomic E-state index is -1.06. The van der Waals surface area contributed by atoms with Gasteiger partial charge in [-0.1, -0.05) is 53.6 Å². The Labute approximate surface area is 196 Å². The maximum Gasteiger partial charge on any atom is 0.339 e. The molecule has 3 aromatic rings. The van der Waals surface area contributed by atoms with Gasteiger partial charge in [-0.25, -0.2) is 9.78 Å². The largest absolute Gasteiger partial charge is 0.478 e. The lowest BCUT2D eigenvalue weighted by Gasteiger charge is -2.12. The summed E-state index contributed by atoms with van der Waals surface area (Å²) in [5, 5.41) is 12.5. The van der Waals surface area contributed by atoms with Crippen LogP contribution >= 0.6 is 0 Å². The Balaban J connectivity index is 0.000000294. The molecule has 1 heterocycles. The Kier molecular flexibility index (Phi) is 9.97. The van der Waals surface area contributed by atoms with Gasteiger partial charge in [0.2, 0.25) is 0 Å². The fourth-order valence-corrected chi connectivity index (χ4v) is 3.33. The van der Waals surface area contributed by atoms with Gasteiger partial charge in [0.05, 0.1) is 5.69 Å². The second-order valence-corrected chi connectivity index (χ2v) is 8.21. The van der Waals surface area contributed by atoms with E-state index < -0.39 is 5.97 Å². The predicted molar refractivity (Wildman–Crippen MR) is 132 cm³/mol. The number of hydrogen-bond donors (Lipinski definition) is 2. The number of likely N-dealkylation sites (N-methyl/N-ethyl adjacent to an activating group) is 1. The molecule has 0 aliphatic heterocycles. The van der Waals surface area contributed by atoms with E-state index in [1.807, 2.05) is 57.2 Å². The number of nitrogens with one attached hydrogen (secondary N) is 1. The van der Waals surface area contributed by atoms with E-state index in [1.54, 1.807) is 0 Å². The van der Waals surface area contributed by atoms with E-state index in [0.717, 1.165) is 24.2 Å². The Hall–Kier alpha value is -3.29. The van der Waals surface area contributed by atoms with Crippen molar-refractivity contribution in [2.75, 3.05) is 34.3 Å². The summed E-state index contributed by atoms with van der Waals surface area (Å²) in [5.74, 6) is -1.06. The van der Waals surface area contributed by atoms with Gasteiger partial charge in [-0.05, 0) is 53.0 Å². The average Bonchev–Trinajstić information content (AvgIpc) is 2.73. The van der Waals surface area contributed by atoms with E-state index in [-0.39, 0.29) is 11.6 Å². The minimum absolute atomic E-state index is 0.0641. The normalized spacial score (nSPS) is 10.5. The molecule has 0 bridgehead atoms. The molecule has 0 unspecified atom stereocenters. The minimum Gasteiger partial charge on any atom is -0.478 e. The molecule has 0 amide bonds. The van der Waals surface area contributed by atoms with Crippen molar-refractivity contribution in [2.45, 2.75) is 27.3 Å². The highest BCUT2D eigenvalue weighted by Gasteiger charge is 2.17.